The molecule has 5 fully saturated rings. The van der Waals surface area contributed by atoms with E-state index in [1.54, 1.807) is 0 Å². The number of aliphatic hydroxyl groups excluding tert-OH is 1. The Hall–Kier alpha value is -0.530. The summed E-state index contributed by atoms with van der Waals surface area (Å²) in [6.45, 7) is 5.42. The van der Waals surface area contributed by atoms with Gasteiger partial charge in [-0.2, -0.15) is 0 Å². The molecule has 0 spiro atoms. The minimum Gasteiger partial charge on any atom is -0.458 e. The first-order valence-corrected chi connectivity index (χ1v) is 12.1. The second-order valence-electron chi connectivity index (χ2n) is 11.0. The first-order valence-electron chi connectivity index (χ1n) is 11.3. The number of epoxide rings is 1. The summed E-state index contributed by atoms with van der Waals surface area (Å²) in [5, 5.41) is 10.3. The summed E-state index contributed by atoms with van der Waals surface area (Å²) in [7, 11) is 0. The molecule has 1 aliphatic heterocycles. The second kappa shape index (κ2) is 6.50. The summed E-state index contributed by atoms with van der Waals surface area (Å²) in [6.07, 6.45) is 3.45. The van der Waals surface area contributed by atoms with E-state index < -0.39 is 28.2 Å². The molecular weight excluding hydrogens is 455 g/mol. The molecule has 7 heteroatoms. The van der Waals surface area contributed by atoms with Crippen LogP contribution in [0.5, 0.6) is 0 Å². The van der Waals surface area contributed by atoms with E-state index in [-0.39, 0.29) is 41.2 Å². The van der Waals surface area contributed by atoms with Crippen LogP contribution in [-0.4, -0.2) is 51.8 Å². The molecule has 4 aliphatic carbocycles. The summed E-state index contributed by atoms with van der Waals surface area (Å²) < 4.78 is 26.1. The molecule has 5 nitrogen and oxygen atoms in total. The standard InChI is InChI=1S/C23H32BrFO5/c1-12(26)29-11-18(28)23-19(30-23)9-16-14-8-17(25)22(24)10-13(27)4-6-20(22,2)15(14)5-7-21(16,23)3/h13-17,19,27H,4-11H2,1-3H3/t13?,14?,15?,16?,17?,19-,20-,21+,22+,23-/m1/s1. The van der Waals surface area contributed by atoms with Gasteiger partial charge < -0.3 is 14.6 Å². The van der Waals surface area contributed by atoms with Gasteiger partial charge >= 0.3 is 5.97 Å². The van der Waals surface area contributed by atoms with Crippen molar-refractivity contribution >= 4 is 27.7 Å². The first-order chi connectivity index (χ1) is 14.0. The van der Waals surface area contributed by atoms with Gasteiger partial charge in [0.15, 0.2) is 12.2 Å². The molecule has 0 aromatic carbocycles. The molecule has 1 N–H and O–H groups in total. The lowest BCUT2D eigenvalue weighted by Crippen LogP contribution is -2.65. The fraction of sp³-hybridized carbons (Fsp3) is 0.913. The van der Waals surface area contributed by atoms with E-state index in [2.05, 4.69) is 29.8 Å². The molecule has 5 unspecified atom stereocenters. The molecule has 0 bridgehead atoms. The Kier molecular flexibility index (Phi) is 4.62. The Balaban J connectivity index is 1.44. The van der Waals surface area contributed by atoms with Gasteiger partial charge in [0.25, 0.3) is 0 Å². The SMILES string of the molecule is CC(=O)OCC(=O)[C@@]12O[C@@H]1CC1C3CC(F)[C@@]4(Br)CC(O)CC[C@]4(C)C3CC[C@@]12C. The lowest BCUT2D eigenvalue weighted by molar-refractivity contribution is -0.162. The molecule has 30 heavy (non-hydrogen) atoms. The first kappa shape index (κ1) is 21.3. The lowest BCUT2D eigenvalue weighted by Gasteiger charge is -2.65. The maximum absolute atomic E-state index is 15.7. The van der Waals surface area contributed by atoms with E-state index >= 15 is 4.39 Å². The lowest BCUT2D eigenvalue weighted by atomic mass is 9.44. The predicted octanol–water partition coefficient (Wildman–Crippen LogP) is 3.74. The number of Topliss-reactive ketones (excluding diaryl/α,β-unsaturated/α-hetero) is 1. The quantitative estimate of drug-likeness (QED) is 0.373. The second-order valence-corrected chi connectivity index (χ2v) is 12.4. The van der Waals surface area contributed by atoms with Crippen molar-refractivity contribution in [1.29, 1.82) is 0 Å². The van der Waals surface area contributed by atoms with Crippen LogP contribution in [0, 0.1) is 28.6 Å². The number of fused-ring (bicyclic) bond motifs is 7. The number of carbonyl (C=O) groups is 2. The number of rotatable bonds is 3. The maximum atomic E-state index is 15.7. The van der Waals surface area contributed by atoms with Crippen molar-refractivity contribution in [3.8, 4) is 0 Å². The summed E-state index contributed by atoms with van der Waals surface area (Å²) in [5.41, 5.74) is -1.42. The van der Waals surface area contributed by atoms with Crippen LogP contribution in [-0.2, 0) is 19.1 Å². The molecule has 5 rings (SSSR count). The molecule has 0 aromatic heterocycles. The van der Waals surface area contributed by atoms with Crippen LogP contribution >= 0.6 is 15.9 Å². The van der Waals surface area contributed by atoms with Gasteiger partial charge in [-0.05, 0) is 68.1 Å². The van der Waals surface area contributed by atoms with Crippen LogP contribution in [0.1, 0.15) is 65.7 Å². The molecule has 168 valence electrons. The zero-order chi connectivity index (χ0) is 21.7. The Labute approximate surface area is 185 Å². The number of aliphatic hydroxyl groups is 1. The number of ether oxygens (including phenoxy) is 2. The average Bonchev–Trinajstić information content (AvgIpc) is 3.35. The third kappa shape index (κ3) is 2.46. The van der Waals surface area contributed by atoms with Gasteiger partial charge in [0.05, 0.1) is 16.5 Å². The van der Waals surface area contributed by atoms with Crippen LogP contribution in [0.25, 0.3) is 0 Å². The number of esters is 1. The summed E-state index contributed by atoms with van der Waals surface area (Å²) in [5.74, 6) is 0.205. The van der Waals surface area contributed by atoms with Gasteiger partial charge in [-0.15, -0.1) is 0 Å². The highest BCUT2D eigenvalue weighted by atomic mass is 79.9. The highest BCUT2D eigenvalue weighted by molar-refractivity contribution is 9.10. The Morgan fingerprint density at radius 1 is 1.17 bits per heavy atom. The number of carbonyl (C=O) groups excluding carboxylic acids is 2. The van der Waals surface area contributed by atoms with E-state index in [4.69, 9.17) is 9.47 Å². The van der Waals surface area contributed by atoms with Crippen LogP contribution in [0.4, 0.5) is 4.39 Å². The van der Waals surface area contributed by atoms with E-state index in [0.29, 0.717) is 18.8 Å². The van der Waals surface area contributed by atoms with Crippen LogP contribution in [0.3, 0.4) is 0 Å². The third-order valence-electron chi connectivity index (χ3n) is 9.96. The van der Waals surface area contributed by atoms with Crippen molar-refractivity contribution in [2.45, 2.75) is 94.0 Å². The number of alkyl halides is 2. The highest BCUT2D eigenvalue weighted by Gasteiger charge is 2.81. The molecule has 0 aromatic rings. The number of hydrogen-bond donors (Lipinski definition) is 1. The van der Waals surface area contributed by atoms with Crippen molar-refractivity contribution in [2.24, 2.45) is 28.6 Å². The van der Waals surface area contributed by atoms with Crippen LogP contribution < -0.4 is 0 Å². The fourth-order valence-corrected chi connectivity index (χ4v) is 9.41. The Bertz CT molecular complexity index is 792. The average molecular weight is 487 g/mol. The van der Waals surface area contributed by atoms with Crippen LogP contribution in [0.15, 0.2) is 0 Å². The maximum Gasteiger partial charge on any atom is 0.303 e. The fourth-order valence-electron chi connectivity index (χ4n) is 8.36. The van der Waals surface area contributed by atoms with Gasteiger partial charge in [0.2, 0.25) is 5.78 Å². The number of hydrogen-bond acceptors (Lipinski definition) is 5. The predicted molar refractivity (Wildman–Crippen MR) is 111 cm³/mol. The number of halogens is 2. The zero-order valence-electron chi connectivity index (χ0n) is 18.0. The summed E-state index contributed by atoms with van der Waals surface area (Å²) in [6, 6.07) is 0. The van der Waals surface area contributed by atoms with E-state index in [9.17, 15) is 14.7 Å². The third-order valence-corrected chi connectivity index (χ3v) is 11.7. The topological polar surface area (TPSA) is 76.1 Å². The largest absolute Gasteiger partial charge is 0.458 e. The van der Waals surface area contributed by atoms with Gasteiger partial charge in [0, 0.05) is 12.3 Å². The van der Waals surface area contributed by atoms with Gasteiger partial charge in [-0.1, -0.05) is 29.8 Å². The monoisotopic (exact) mass is 486 g/mol. The molecular formula is C23H32BrFO5. The Morgan fingerprint density at radius 2 is 1.87 bits per heavy atom. The minimum atomic E-state index is -1.02. The van der Waals surface area contributed by atoms with Crippen LogP contribution in [0.2, 0.25) is 0 Å². The normalized spacial score (nSPS) is 56.2. The van der Waals surface area contributed by atoms with Crippen molar-refractivity contribution in [2.75, 3.05) is 6.61 Å². The van der Waals surface area contributed by atoms with Crippen molar-refractivity contribution in [3.63, 3.8) is 0 Å². The van der Waals surface area contributed by atoms with Gasteiger partial charge in [-0.3, -0.25) is 9.59 Å². The highest BCUT2D eigenvalue weighted by Crippen LogP contribution is 2.75. The molecule has 0 amide bonds. The molecule has 0 radical (unpaired) electrons. The molecule has 1 heterocycles. The summed E-state index contributed by atoms with van der Waals surface area (Å²) in [4.78, 5) is 24.3. The van der Waals surface area contributed by atoms with E-state index in [1.165, 1.54) is 6.92 Å². The van der Waals surface area contributed by atoms with E-state index in [1.807, 2.05) is 0 Å². The Morgan fingerprint density at radius 3 is 2.57 bits per heavy atom. The van der Waals surface area contributed by atoms with Crippen molar-refractivity contribution < 1.29 is 28.6 Å². The smallest absolute Gasteiger partial charge is 0.303 e. The molecule has 5 aliphatic rings. The molecule has 10 atom stereocenters. The molecule has 4 saturated carbocycles. The van der Waals surface area contributed by atoms with Gasteiger partial charge in [-0.25, -0.2) is 4.39 Å². The zero-order valence-corrected chi connectivity index (χ0v) is 19.5. The van der Waals surface area contributed by atoms with Crippen molar-refractivity contribution in [3.05, 3.63) is 0 Å². The van der Waals surface area contributed by atoms with E-state index in [0.717, 1.165) is 32.1 Å². The summed E-state index contributed by atoms with van der Waals surface area (Å²) >= 11 is 3.81. The van der Waals surface area contributed by atoms with Crippen molar-refractivity contribution in [1.82, 2.24) is 0 Å². The minimum absolute atomic E-state index is 0.135. The van der Waals surface area contributed by atoms with Gasteiger partial charge in [0.1, 0.15) is 6.17 Å². The number of ketones is 1. The molecule has 1 saturated heterocycles.